The number of aryl methyl sites for hydroxylation is 1. The Labute approximate surface area is 132 Å². The molecule has 0 bridgehead atoms. The van der Waals surface area contributed by atoms with Gasteiger partial charge in [0.05, 0.1) is 5.54 Å². The van der Waals surface area contributed by atoms with Crippen LogP contribution in [0.2, 0.25) is 1.41 Å². The molecular formula is C12H17N9O2. The zero-order valence-corrected chi connectivity index (χ0v) is 13.2. The van der Waals surface area contributed by atoms with Gasteiger partial charge in [0.25, 0.3) is 0 Å². The monoisotopic (exact) mass is 321 g/mol. The van der Waals surface area contributed by atoms with Gasteiger partial charge in [0, 0.05) is 19.3 Å². The lowest BCUT2D eigenvalue weighted by atomic mass is 10.1. The molecule has 0 saturated carbocycles. The molecule has 3 aromatic heterocycles. The lowest BCUT2D eigenvalue weighted by Crippen LogP contribution is -2.28. The highest BCUT2D eigenvalue weighted by Gasteiger charge is 2.25. The Kier molecular flexibility index (Phi) is 3.17. The standard InChI is InChI=1S/C12H17N9O2/c1-12(2,3)21-8(7-23-9-5-6-13-14-9)10(15-16-21)20-11(22)19(4)17-18-20/h5-6H,7H2,1-4H3,(H,13,14)/i/hT. The van der Waals surface area contributed by atoms with Gasteiger partial charge in [-0.15, -0.1) is 14.9 Å². The smallest absolute Gasteiger partial charge is 0.369 e. The van der Waals surface area contributed by atoms with Gasteiger partial charge in [-0.25, -0.2) is 9.48 Å². The van der Waals surface area contributed by atoms with Crippen LogP contribution in [-0.2, 0) is 19.2 Å². The molecule has 0 atom stereocenters. The molecule has 0 radical (unpaired) electrons. The summed E-state index contributed by atoms with van der Waals surface area (Å²) >= 11 is 0. The second kappa shape index (κ2) is 5.34. The molecule has 3 aromatic rings. The highest BCUT2D eigenvalue weighted by molar-refractivity contribution is 5.26. The van der Waals surface area contributed by atoms with Gasteiger partial charge in [-0.1, -0.05) is 5.21 Å². The number of nitrogens with one attached hydrogen (secondary N) is 1. The van der Waals surface area contributed by atoms with E-state index in [0.29, 0.717) is 5.69 Å². The van der Waals surface area contributed by atoms with Gasteiger partial charge in [-0.2, -0.15) is 4.68 Å². The number of aromatic amines is 1. The molecule has 0 fully saturated rings. The molecule has 0 aliphatic rings. The lowest BCUT2D eigenvalue weighted by Gasteiger charge is -2.21. The van der Waals surface area contributed by atoms with Crippen molar-refractivity contribution in [1.29, 1.82) is 0 Å². The highest BCUT2D eigenvalue weighted by Crippen LogP contribution is 2.20. The van der Waals surface area contributed by atoms with Crippen LogP contribution < -0.4 is 10.4 Å². The van der Waals surface area contributed by atoms with Gasteiger partial charge in [0.1, 0.15) is 12.3 Å². The molecule has 1 N–H and O–H groups in total. The van der Waals surface area contributed by atoms with Crippen LogP contribution in [0.1, 0.15) is 26.5 Å². The summed E-state index contributed by atoms with van der Waals surface area (Å²) in [6.07, 6.45) is 1.45. The summed E-state index contributed by atoms with van der Waals surface area (Å²) in [6.45, 7) is 5.91. The van der Waals surface area contributed by atoms with E-state index in [-0.39, 0.29) is 23.8 Å². The second-order valence-electron chi connectivity index (χ2n) is 5.90. The first-order chi connectivity index (χ1) is 11.3. The summed E-state index contributed by atoms with van der Waals surface area (Å²) in [7, 11) is 1.50. The maximum Gasteiger partial charge on any atom is 0.369 e. The van der Waals surface area contributed by atoms with Gasteiger partial charge in [0.2, 0.25) is 11.7 Å². The Hall–Kier alpha value is -2.98. The zero-order chi connectivity index (χ0) is 17.5. The molecule has 0 aliphatic heterocycles. The molecule has 0 aromatic carbocycles. The van der Waals surface area contributed by atoms with E-state index in [4.69, 9.17) is 6.15 Å². The van der Waals surface area contributed by atoms with Crippen molar-refractivity contribution in [1.82, 2.24) is 45.0 Å². The molecule has 122 valence electrons. The van der Waals surface area contributed by atoms with Crippen molar-refractivity contribution in [3.63, 3.8) is 0 Å². The highest BCUT2D eigenvalue weighted by atomic mass is 16.5. The van der Waals surface area contributed by atoms with E-state index in [1.54, 1.807) is 10.7 Å². The minimum absolute atomic E-state index is 0.0552. The van der Waals surface area contributed by atoms with Gasteiger partial charge in [0.15, 0.2) is 1.41 Å². The van der Waals surface area contributed by atoms with E-state index in [1.807, 2.05) is 20.8 Å². The Morgan fingerprint density at radius 2 is 2.13 bits per heavy atom. The van der Waals surface area contributed by atoms with Crippen molar-refractivity contribution >= 4 is 0 Å². The van der Waals surface area contributed by atoms with Crippen LogP contribution in [0.5, 0.6) is 5.88 Å². The van der Waals surface area contributed by atoms with E-state index >= 15 is 0 Å². The van der Waals surface area contributed by atoms with Crippen LogP contribution >= 0.6 is 0 Å². The van der Waals surface area contributed by atoms with Gasteiger partial charge >= 0.3 is 5.69 Å². The topological polar surface area (TPSA) is 121 Å². The van der Waals surface area contributed by atoms with Crippen LogP contribution in [0.15, 0.2) is 17.1 Å². The van der Waals surface area contributed by atoms with Crippen molar-refractivity contribution in [2.75, 3.05) is 0 Å². The summed E-state index contributed by atoms with van der Waals surface area (Å²) in [4.78, 5) is 12.1. The number of hydrogen-bond acceptors (Lipinski definition) is 7. The molecule has 11 nitrogen and oxygen atoms in total. The van der Waals surface area contributed by atoms with Crippen LogP contribution in [0, 0.1) is 0 Å². The first-order valence-electron chi connectivity index (χ1n) is 7.34. The number of ether oxygens (including phenoxy) is 1. The van der Waals surface area contributed by atoms with Crippen LogP contribution in [0.4, 0.5) is 0 Å². The summed E-state index contributed by atoms with van der Waals surface area (Å²) in [6, 6.07) is 1.56. The molecule has 11 heteroatoms. The fourth-order valence-corrected chi connectivity index (χ4v) is 2.01. The van der Waals surface area contributed by atoms with Crippen LogP contribution in [-0.4, -0.2) is 45.0 Å². The number of H-pyrrole nitrogens is 1. The summed E-state index contributed by atoms with van der Waals surface area (Å²) in [5, 5.41) is 20.4. The third kappa shape index (κ3) is 2.72. The van der Waals surface area contributed by atoms with Crippen molar-refractivity contribution in [2.45, 2.75) is 32.9 Å². The number of aromatic nitrogens is 9. The summed E-state index contributed by atoms with van der Waals surface area (Å²) in [5.41, 5.74) is -0.276. The molecule has 0 aliphatic carbocycles. The predicted octanol–water partition coefficient (Wildman–Crippen LogP) is -0.385. The van der Waals surface area contributed by atoms with E-state index < -0.39 is 5.69 Å². The van der Waals surface area contributed by atoms with Crippen molar-refractivity contribution in [3.8, 4) is 11.7 Å². The number of tetrazole rings is 1. The zero-order valence-electron chi connectivity index (χ0n) is 14.2. The number of nitrogens with zero attached hydrogens (tertiary/aromatic N) is 8. The molecule has 3 rings (SSSR count). The first-order valence-corrected chi connectivity index (χ1v) is 6.89. The molecule has 3 heterocycles. The minimum Gasteiger partial charge on any atom is -0.470 e. The maximum atomic E-state index is 12.1. The largest absolute Gasteiger partial charge is 0.470 e. The third-order valence-electron chi connectivity index (χ3n) is 3.10. The first kappa shape index (κ1) is 13.7. The fraction of sp³-hybridized carbons (Fsp3) is 0.500. The molecule has 0 unspecified atom stereocenters. The Morgan fingerprint density at radius 1 is 1.35 bits per heavy atom. The lowest BCUT2D eigenvalue weighted by molar-refractivity contribution is 0.255. The average Bonchev–Trinajstić information content (AvgIpc) is 3.17. The number of rotatable bonds is 4. The Balaban J connectivity index is 2.02. The van der Waals surface area contributed by atoms with Crippen molar-refractivity contribution in [2.24, 2.45) is 7.05 Å². The van der Waals surface area contributed by atoms with Gasteiger partial charge < -0.3 is 4.74 Å². The molecule has 0 spiro atoms. The third-order valence-corrected chi connectivity index (χ3v) is 3.10. The molecule has 23 heavy (non-hydrogen) atoms. The average molecular weight is 321 g/mol. The van der Waals surface area contributed by atoms with Gasteiger partial charge in [-0.05, 0) is 31.2 Å². The molecule has 0 amide bonds. The van der Waals surface area contributed by atoms with Crippen LogP contribution in [0.25, 0.3) is 5.82 Å². The minimum atomic E-state index is -0.437. The Morgan fingerprint density at radius 3 is 2.70 bits per heavy atom. The van der Waals surface area contributed by atoms with Crippen LogP contribution in [0.3, 0.4) is 0 Å². The van der Waals surface area contributed by atoms with Gasteiger partial charge in [-0.3, -0.25) is 5.09 Å². The SMILES string of the molecule is [3H]n1ccc(OCc2c(-n3nnn(C)c3=O)nnn2C(C)(C)C)n1. The van der Waals surface area contributed by atoms with E-state index in [9.17, 15) is 4.79 Å². The summed E-state index contributed by atoms with van der Waals surface area (Å²) in [5.74, 6) is 0.525. The van der Waals surface area contributed by atoms with Crippen molar-refractivity contribution < 1.29 is 6.15 Å². The number of hydrogen-bond donors (Lipinski definition) is 1. The van der Waals surface area contributed by atoms with E-state index in [1.165, 1.54) is 13.2 Å². The molecule has 0 saturated heterocycles. The van der Waals surface area contributed by atoms with E-state index in [2.05, 4.69) is 25.8 Å². The Bertz CT molecular complexity index is 914. The predicted molar refractivity (Wildman–Crippen MR) is 78.1 cm³/mol. The fourth-order valence-electron chi connectivity index (χ4n) is 2.01. The quantitative estimate of drug-likeness (QED) is 0.694. The van der Waals surface area contributed by atoms with Crippen molar-refractivity contribution in [3.05, 3.63) is 28.4 Å². The van der Waals surface area contributed by atoms with E-state index in [0.717, 1.165) is 14.5 Å². The summed E-state index contributed by atoms with van der Waals surface area (Å²) < 4.78 is 16.8. The molecular weight excluding hydrogens is 302 g/mol. The second-order valence-corrected chi connectivity index (χ2v) is 5.90. The normalized spacial score (nSPS) is 12.4. The maximum absolute atomic E-state index is 12.1.